The number of hydrogen-bond acceptors (Lipinski definition) is 4. The summed E-state index contributed by atoms with van der Waals surface area (Å²) >= 11 is 1.43. The van der Waals surface area contributed by atoms with Gasteiger partial charge in [-0.05, 0) is 23.8 Å². The highest BCUT2D eigenvalue weighted by Crippen LogP contribution is 2.31. The summed E-state index contributed by atoms with van der Waals surface area (Å²) in [7, 11) is 0. The zero-order chi connectivity index (χ0) is 15.7. The molecule has 0 bridgehead atoms. The van der Waals surface area contributed by atoms with Crippen molar-refractivity contribution in [3.05, 3.63) is 29.8 Å². The van der Waals surface area contributed by atoms with E-state index >= 15 is 0 Å². The molecule has 0 saturated heterocycles. The Hall–Kier alpha value is -1.75. The molecule has 0 atom stereocenters. The van der Waals surface area contributed by atoms with Gasteiger partial charge in [-0.1, -0.05) is 62.8 Å². The molecular formula is C17H21N3OS. The molecule has 1 aliphatic rings. The van der Waals surface area contributed by atoms with Crippen molar-refractivity contribution >= 4 is 22.4 Å². The highest BCUT2D eigenvalue weighted by Gasteiger charge is 2.26. The molecule has 0 aliphatic heterocycles. The van der Waals surface area contributed by atoms with Crippen LogP contribution in [0.4, 0.5) is 5.13 Å². The Bertz CT molecular complexity index is 666. The molecule has 0 unspecified atom stereocenters. The lowest BCUT2D eigenvalue weighted by Gasteiger charge is -2.23. The number of amides is 1. The van der Waals surface area contributed by atoms with Crippen LogP contribution in [0.15, 0.2) is 24.3 Å². The van der Waals surface area contributed by atoms with Crippen LogP contribution in [0.2, 0.25) is 0 Å². The number of rotatable bonds is 3. The van der Waals surface area contributed by atoms with Gasteiger partial charge in [0.25, 0.3) is 0 Å². The smallest absolute Gasteiger partial charge is 0.229 e. The van der Waals surface area contributed by atoms with Gasteiger partial charge in [-0.3, -0.25) is 4.79 Å². The van der Waals surface area contributed by atoms with Crippen LogP contribution in [0.1, 0.15) is 45.6 Å². The van der Waals surface area contributed by atoms with E-state index in [4.69, 9.17) is 0 Å². The van der Waals surface area contributed by atoms with Gasteiger partial charge in [0.15, 0.2) is 0 Å². The lowest BCUT2D eigenvalue weighted by Crippen LogP contribution is -2.27. The van der Waals surface area contributed by atoms with Crippen molar-refractivity contribution in [2.24, 2.45) is 5.92 Å². The minimum atomic E-state index is 0.0806. The van der Waals surface area contributed by atoms with E-state index in [1.165, 1.54) is 16.9 Å². The molecule has 1 saturated carbocycles. The maximum atomic E-state index is 11.9. The Morgan fingerprint density at radius 2 is 1.86 bits per heavy atom. The van der Waals surface area contributed by atoms with Crippen molar-refractivity contribution in [3.63, 3.8) is 0 Å². The summed E-state index contributed by atoms with van der Waals surface area (Å²) < 4.78 is 0. The van der Waals surface area contributed by atoms with E-state index in [1.54, 1.807) is 0 Å². The molecule has 1 fully saturated rings. The lowest BCUT2D eigenvalue weighted by molar-refractivity contribution is -0.122. The average molecular weight is 315 g/mol. The lowest BCUT2D eigenvalue weighted by atomic mass is 9.85. The predicted octanol–water partition coefficient (Wildman–Crippen LogP) is 4.24. The van der Waals surface area contributed by atoms with Crippen LogP contribution >= 0.6 is 11.3 Å². The van der Waals surface area contributed by atoms with Gasteiger partial charge < -0.3 is 5.32 Å². The van der Waals surface area contributed by atoms with Crippen LogP contribution in [0.5, 0.6) is 0 Å². The predicted molar refractivity (Wildman–Crippen MR) is 90.0 cm³/mol. The standard InChI is InChI=1S/C17H21N3OS/c1-17(2,3)13-9-7-12(8-10-13)15-19-20-16(22-15)18-14(21)11-5-4-6-11/h7-11H,4-6H2,1-3H3,(H,18,20,21). The summed E-state index contributed by atoms with van der Waals surface area (Å²) in [6, 6.07) is 8.39. The highest BCUT2D eigenvalue weighted by molar-refractivity contribution is 7.18. The molecule has 5 heteroatoms. The number of aromatic nitrogens is 2. The van der Waals surface area contributed by atoms with Crippen LogP contribution in [-0.4, -0.2) is 16.1 Å². The Balaban J connectivity index is 1.71. The Kier molecular flexibility index (Phi) is 4.00. The van der Waals surface area contributed by atoms with E-state index in [0.29, 0.717) is 5.13 Å². The topological polar surface area (TPSA) is 54.9 Å². The van der Waals surface area contributed by atoms with Gasteiger partial charge in [-0.15, -0.1) is 10.2 Å². The summed E-state index contributed by atoms with van der Waals surface area (Å²) in [5.74, 6) is 0.246. The fraction of sp³-hybridized carbons (Fsp3) is 0.471. The molecule has 116 valence electrons. The Morgan fingerprint density at radius 1 is 1.18 bits per heavy atom. The maximum Gasteiger partial charge on any atom is 0.229 e. The number of carbonyl (C=O) groups excluding carboxylic acids is 1. The van der Waals surface area contributed by atoms with E-state index in [1.807, 2.05) is 0 Å². The van der Waals surface area contributed by atoms with Crippen LogP contribution in [-0.2, 0) is 10.2 Å². The van der Waals surface area contributed by atoms with Gasteiger partial charge in [0.1, 0.15) is 5.01 Å². The van der Waals surface area contributed by atoms with Gasteiger partial charge in [0.05, 0.1) is 0 Å². The fourth-order valence-corrected chi connectivity index (χ4v) is 3.13. The molecule has 1 amide bonds. The summed E-state index contributed by atoms with van der Waals surface area (Å²) in [6.45, 7) is 6.59. The minimum Gasteiger partial charge on any atom is -0.300 e. The molecule has 1 aromatic carbocycles. The number of hydrogen-bond donors (Lipinski definition) is 1. The molecule has 0 radical (unpaired) electrons. The van der Waals surface area contributed by atoms with Crippen molar-refractivity contribution < 1.29 is 4.79 Å². The number of carbonyl (C=O) groups is 1. The van der Waals surface area contributed by atoms with Crippen molar-refractivity contribution in [2.75, 3.05) is 5.32 Å². The van der Waals surface area contributed by atoms with Gasteiger partial charge >= 0.3 is 0 Å². The first-order chi connectivity index (χ1) is 10.4. The largest absolute Gasteiger partial charge is 0.300 e. The monoisotopic (exact) mass is 315 g/mol. The maximum absolute atomic E-state index is 11.9. The van der Waals surface area contributed by atoms with Crippen LogP contribution < -0.4 is 5.32 Å². The van der Waals surface area contributed by atoms with Gasteiger partial charge in [-0.2, -0.15) is 0 Å². The number of nitrogens with one attached hydrogen (secondary N) is 1. The normalized spacial score (nSPS) is 15.4. The van der Waals surface area contributed by atoms with E-state index < -0.39 is 0 Å². The molecule has 1 heterocycles. The molecule has 0 spiro atoms. The molecule has 1 N–H and O–H groups in total. The third-order valence-corrected chi connectivity index (χ3v) is 5.02. The average Bonchev–Trinajstić information content (AvgIpc) is 2.84. The SMILES string of the molecule is CC(C)(C)c1ccc(-c2nnc(NC(=O)C3CCC3)s2)cc1. The van der Waals surface area contributed by atoms with Gasteiger partial charge in [-0.25, -0.2) is 0 Å². The van der Waals surface area contributed by atoms with Crippen LogP contribution in [0.25, 0.3) is 10.6 Å². The van der Waals surface area contributed by atoms with E-state index in [0.717, 1.165) is 29.8 Å². The van der Waals surface area contributed by atoms with Crippen molar-refractivity contribution in [1.82, 2.24) is 10.2 Å². The first-order valence-corrected chi connectivity index (χ1v) is 8.50. The Labute approximate surface area is 135 Å². The number of anilines is 1. The minimum absolute atomic E-state index is 0.0806. The molecule has 22 heavy (non-hydrogen) atoms. The number of nitrogens with zero attached hydrogens (tertiary/aromatic N) is 2. The molecule has 3 rings (SSSR count). The second-order valence-electron chi connectivity index (χ2n) is 6.86. The van der Waals surface area contributed by atoms with E-state index in [2.05, 4.69) is 60.6 Å². The summed E-state index contributed by atoms with van der Waals surface area (Å²) in [4.78, 5) is 11.9. The van der Waals surface area contributed by atoms with Crippen molar-refractivity contribution in [3.8, 4) is 10.6 Å². The Morgan fingerprint density at radius 3 is 2.41 bits per heavy atom. The van der Waals surface area contributed by atoms with Gasteiger partial charge in [0, 0.05) is 11.5 Å². The molecule has 4 nitrogen and oxygen atoms in total. The zero-order valence-electron chi connectivity index (χ0n) is 13.2. The second kappa shape index (κ2) is 5.80. The second-order valence-corrected chi connectivity index (χ2v) is 7.83. The van der Waals surface area contributed by atoms with E-state index in [9.17, 15) is 4.79 Å². The van der Waals surface area contributed by atoms with Crippen LogP contribution in [0.3, 0.4) is 0 Å². The first-order valence-electron chi connectivity index (χ1n) is 7.69. The van der Waals surface area contributed by atoms with Crippen LogP contribution in [0, 0.1) is 5.92 Å². The highest BCUT2D eigenvalue weighted by atomic mass is 32.1. The summed E-state index contributed by atoms with van der Waals surface area (Å²) in [5.41, 5.74) is 2.47. The molecular weight excluding hydrogens is 294 g/mol. The molecule has 2 aromatic rings. The number of benzene rings is 1. The fourth-order valence-electron chi connectivity index (χ4n) is 2.38. The summed E-state index contributed by atoms with van der Waals surface area (Å²) in [6.07, 6.45) is 3.14. The van der Waals surface area contributed by atoms with Crippen molar-refractivity contribution in [1.29, 1.82) is 0 Å². The van der Waals surface area contributed by atoms with Gasteiger partial charge in [0.2, 0.25) is 11.0 Å². The third-order valence-electron chi connectivity index (χ3n) is 4.13. The molecule has 1 aliphatic carbocycles. The van der Waals surface area contributed by atoms with Crippen molar-refractivity contribution in [2.45, 2.75) is 45.4 Å². The summed E-state index contributed by atoms with van der Waals surface area (Å²) in [5, 5.41) is 12.6. The first kappa shape index (κ1) is 15.2. The zero-order valence-corrected chi connectivity index (χ0v) is 14.0. The third kappa shape index (κ3) is 3.19. The molecule has 1 aromatic heterocycles. The van der Waals surface area contributed by atoms with E-state index in [-0.39, 0.29) is 17.2 Å². The quantitative estimate of drug-likeness (QED) is 0.921.